The fourth-order valence-electron chi connectivity index (χ4n) is 3.01. The van der Waals surface area contributed by atoms with Gasteiger partial charge in [0, 0.05) is 18.9 Å². The van der Waals surface area contributed by atoms with Gasteiger partial charge in [-0.2, -0.15) is 0 Å². The van der Waals surface area contributed by atoms with Crippen LogP contribution in [0.25, 0.3) is 16.8 Å². The van der Waals surface area contributed by atoms with E-state index in [9.17, 15) is 13.2 Å². The lowest BCUT2D eigenvalue weighted by atomic mass is 10.1. The van der Waals surface area contributed by atoms with Gasteiger partial charge in [-0.05, 0) is 24.6 Å². The highest BCUT2D eigenvalue weighted by molar-refractivity contribution is 7.90. The normalized spacial score (nSPS) is 11.3. The van der Waals surface area contributed by atoms with Crippen LogP contribution in [0.15, 0.2) is 65.7 Å². The highest BCUT2D eigenvalue weighted by Gasteiger charge is 2.30. The molecular formula is C20H19NO4S. The van der Waals surface area contributed by atoms with Crippen LogP contribution in [0.2, 0.25) is 0 Å². The Kier molecular flexibility index (Phi) is 4.70. The van der Waals surface area contributed by atoms with Crippen molar-refractivity contribution in [2.45, 2.75) is 18.9 Å². The first-order chi connectivity index (χ1) is 12.3. The zero-order chi connectivity index (χ0) is 18.9. The van der Waals surface area contributed by atoms with Gasteiger partial charge in [0.25, 0.3) is 0 Å². The largest absolute Gasteiger partial charge is 0.424 e. The van der Waals surface area contributed by atoms with Crippen molar-refractivity contribution in [3.63, 3.8) is 0 Å². The van der Waals surface area contributed by atoms with E-state index in [2.05, 4.69) is 0 Å². The summed E-state index contributed by atoms with van der Waals surface area (Å²) in [7, 11) is -3.63. The van der Waals surface area contributed by atoms with Gasteiger partial charge in [-0.15, -0.1) is 0 Å². The molecule has 6 heteroatoms. The fourth-order valence-corrected chi connectivity index (χ4v) is 4.17. The lowest BCUT2D eigenvalue weighted by Crippen LogP contribution is -2.08. The lowest BCUT2D eigenvalue weighted by Gasteiger charge is -2.11. The van der Waals surface area contributed by atoms with Crippen LogP contribution in [0.5, 0.6) is 5.75 Å². The zero-order valence-corrected chi connectivity index (χ0v) is 15.6. The van der Waals surface area contributed by atoms with E-state index in [1.165, 1.54) is 6.92 Å². The van der Waals surface area contributed by atoms with Crippen LogP contribution in [0.1, 0.15) is 12.6 Å². The average Bonchev–Trinajstić information content (AvgIpc) is 2.89. The maximum atomic E-state index is 12.7. The standard InChI is InChI=1S/C20H19NO4S/c1-14-19(25-15(2)22)18(16-10-6-4-7-11-16)20(26(3,23)24)21(14)17-12-8-5-9-13-17/h4-13H,1-3H3. The fraction of sp³-hybridized carbons (Fsp3) is 0.150. The molecule has 5 nitrogen and oxygen atoms in total. The van der Waals surface area contributed by atoms with Gasteiger partial charge in [-0.25, -0.2) is 8.42 Å². The molecule has 0 fully saturated rings. The van der Waals surface area contributed by atoms with Gasteiger partial charge in [0.2, 0.25) is 0 Å². The van der Waals surface area contributed by atoms with Crippen LogP contribution in [0, 0.1) is 6.92 Å². The minimum Gasteiger partial charge on any atom is -0.424 e. The van der Waals surface area contributed by atoms with E-state index in [1.54, 1.807) is 23.6 Å². The number of sulfone groups is 1. The van der Waals surface area contributed by atoms with Crippen LogP contribution in [-0.2, 0) is 14.6 Å². The Morgan fingerprint density at radius 2 is 1.50 bits per heavy atom. The molecule has 0 N–H and O–H groups in total. The summed E-state index contributed by atoms with van der Waals surface area (Å²) in [5, 5.41) is 0.101. The smallest absolute Gasteiger partial charge is 0.308 e. The van der Waals surface area contributed by atoms with E-state index in [4.69, 9.17) is 4.74 Å². The first-order valence-corrected chi connectivity index (χ1v) is 9.94. The van der Waals surface area contributed by atoms with Crippen LogP contribution < -0.4 is 4.74 Å². The van der Waals surface area contributed by atoms with Gasteiger partial charge >= 0.3 is 5.97 Å². The summed E-state index contributed by atoms with van der Waals surface area (Å²) in [5.41, 5.74) is 2.29. The van der Waals surface area contributed by atoms with E-state index in [0.717, 1.165) is 6.26 Å². The minimum atomic E-state index is -3.63. The van der Waals surface area contributed by atoms with Crippen LogP contribution in [-0.4, -0.2) is 25.2 Å². The number of para-hydroxylation sites is 1. The predicted molar refractivity (Wildman–Crippen MR) is 100 cm³/mol. The first-order valence-electron chi connectivity index (χ1n) is 8.05. The summed E-state index contributed by atoms with van der Waals surface area (Å²) in [6.45, 7) is 3.04. The molecule has 0 saturated heterocycles. The van der Waals surface area contributed by atoms with E-state index < -0.39 is 15.8 Å². The Morgan fingerprint density at radius 1 is 0.962 bits per heavy atom. The molecular weight excluding hydrogens is 350 g/mol. The quantitative estimate of drug-likeness (QED) is 0.657. The number of hydrogen-bond acceptors (Lipinski definition) is 4. The molecule has 0 atom stereocenters. The number of carbonyl (C=O) groups excluding carboxylic acids is 1. The topological polar surface area (TPSA) is 65.4 Å². The molecule has 0 aliphatic heterocycles. The number of esters is 1. The molecule has 0 saturated carbocycles. The van der Waals surface area contributed by atoms with Crippen molar-refractivity contribution in [1.29, 1.82) is 0 Å². The molecule has 2 aromatic carbocycles. The van der Waals surface area contributed by atoms with Crippen LogP contribution in [0.4, 0.5) is 0 Å². The molecule has 0 spiro atoms. The van der Waals surface area contributed by atoms with E-state index in [1.807, 2.05) is 48.5 Å². The second-order valence-electron chi connectivity index (χ2n) is 6.00. The molecule has 0 aliphatic carbocycles. The molecule has 0 radical (unpaired) electrons. The average molecular weight is 369 g/mol. The number of benzene rings is 2. The Balaban J connectivity index is 2.47. The molecule has 0 amide bonds. The van der Waals surface area contributed by atoms with Crippen LogP contribution in [0.3, 0.4) is 0 Å². The molecule has 0 bridgehead atoms. The summed E-state index contributed by atoms with van der Waals surface area (Å²) < 4.78 is 32.5. The number of aromatic nitrogens is 1. The highest BCUT2D eigenvalue weighted by Crippen LogP contribution is 2.42. The number of ether oxygens (including phenoxy) is 1. The van der Waals surface area contributed by atoms with Crippen molar-refractivity contribution in [2.75, 3.05) is 6.26 Å². The van der Waals surface area contributed by atoms with Crippen molar-refractivity contribution in [3.8, 4) is 22.6 Å². The van der Waals surface area contributed by atoms with E-state index >= 15 is 0 Å². The van der Waals surface area contributed by atoms with E-state index in [-0.39, 0.29) is 10.8 Å². The van der Waals surface area contributed by atoms with Crippen molar-refractivity contribution < 1.29 is 17.9 Å². The molecule has 3 aromatic rings. The van der Waals surface area contributed by atoms with Gasteiger partial charge in [0.1, 0.15) is 0 Å². The monoisotopic (exact) mass is 369 g/mol. The van der Waals surface area contributed by atoms with E-state index in [0.29, 0.717) is 22.5 Å². The van der Waals surface area contributed by atoms with Gasteiger partial charge in [-0.1, -0.05) is 48.5 Å². The van der Waals surface area contributed by atoms with Gasteiger partial charge < -0.3 is 9.30 Å². The van der Waals surface area contributed by atoms with Gasteiger partial charge in [0.15, 0.2) is 20.6 Å². The number of rotatable bonds is 4. The zero-order valence-electron chi connectivity index (χ0n) is 14.8. The number of carbonyl (C=O) groups is 1. The first kappa shape index (κ1) is 17.9. The molecule has 1 heterocycles. The van der Waals surface area contributed by atoms with Gasteiger partial charge in [0.05, 0.1) is 11.3 Å². The van der Waals surface area contributed by atoms with Crippen molar-refractivity contribution in [1.82, 2.24) is 4.57 Å². The van der Waals surface area contributed by atoms with Crippen molar-refractivity contribution >= 4 is 15.8 Å². The van der Waals surface area contributed by atoms with Crippen molar-refractivity contribution in [2.24, 2.45) is 0 Å². The number of nitrogens with zero attached hydrogens (tertiary/aromatic N) is 1. The molecule has 0 aliphatic rings. The highest BCUT2D eigenvalue weighted by atomic mass is 32.2. The molecule has 134 valence electrons. The molecule has 0 unspecified atom stereocenters. The Bertz CT molecular complexity index is 1050. The Labute approximate surface area is 152 Å². The molecule has 3 rings (SSSR count). The van der Waals surface area contributed by atoms with Gasteiger partial charge in [-0.3, -0.25) is 4.79 Å². The third kappa shape index (κ3) is 3.28. The second-order valence-corrected chi connectivity index (χ2v) is 7.93. The molecule has 26 heavy (non-hydrogen) atoms. The third-order valence-corrected chi connectivity index (χ3v) is 5.07. The molecule has 1 aromatic heterocycles. The second kappa shape index (κ2) is 6.80. The summed E-state index contributed by atoms with van der Waals surface area (Å²) in [6, 6.07) is 18.2. The summed E-state index contributed by atoms with van der Waals surface area (Å²) in [5.74, 6) is -0.247. The number of hydrogen-bond donors (Lipinski definition) is 0. The predicted octanol–water partition coefficient (Wildman–Crippen LogP) is 3.78. The summed E-state index contributed by atoms with van der Waals surface area (Å²) in [4.78, 5) is 11.7. The summed E-state index contributed by atoms with van der Waals surface area (Å²) in [6.07, 6.45) is 1.16. The lowest BCUT2D eigenvalue weighted by molar-refractivity contribution is -0.131. The minimum absolute atomic E-state index is 0.101. The summed E-state index contributed by atoms with van der Waals surface area (Å²) >= 11 is 0. The van der Waals surface area contributed by atoms with Crippen LogP contribution >= 0.6 is 0 Å². The Morgan fingerprint density at radius 3 is 2.00 bits per heavy atom. The van der Waals surface area contributed by atoms with Crippen molar-refractivity contribution in [3.05, 3.63) is 66.4 Å². The maximum Gasteiger partial charge on any atom is 0.308 e. The Hall–Kier alpha value is -2.86. The SMILES string of the molecule is CC(=O)Oc1c(-c2ccccc2)c(S(C)(=O)=O)n(-c2ccccc2)c1C. The third-order valence-electron chi connectivity index (χ3n) is 3.98. The maximum absolute atomic E-state index is 12.7.